The fraction of sp³-hybridized carbons (Fsp3) is 0.500. The number of ether oxygens (including phenoxy) is 1. The molecule has 0 aliphatic carbocycles. The van der Waals surface area contributed by atoms with E-state index in [-0.39, 0.29) is 0 Å². The van der Waals surface area contributed by atoms with Crippen molar-refractivity contribution in [3.05, 3.63) is 22.4 Å². The van der Waals surface area contributed by atoms with Crippen molar-refractivity contribution in [2.75, 3.05) is 44.1 Å². The Kier molecular flexibility index (Phi) is 6.56. The lowest BCUT2D eigenvalue weighted by molar-refractivity contribution is 0.411. The molecule has 9 heteroatoms. The highest BCUT2D eigenvalue weighted by Crippen LogP contribution is 2.36. The minimum Gasteiger partial charge on any atom is -0.494 e. The molecular formula is C20H28BrN7O. The molecule has 0 spiro atoms. The topological polar surface area (TPSA) is 72.2 Å². The largest absolute Gasteiger partial charge is 0.494 e. The van der Waals surface area contributed by atoms with Gasteiger partial charge in [-0.05, 0) is 42.3 Å². The first-order valence-corrected chi connectivity index (χ1v) is 10.6. The number of aryl methyl sites for hydroxylation is 1. The molecule has 0 radical (unpaired) electrons. The molecule has 0 aliphatic heterocycles. The summed E-state index contributed by atoms with van der Waals surface area (Å²) >= 11 is 3.68. The third-order valence-corrected chi connectivity index (χ3v) is 5.42. The van der Waals surface area contributed by atoms with Crippen molar-refractivity contribution in [2.24, 2.45) is 0 Å². The van der Waals surface area contributed by atoms with E-state index in [0.29, 0.717) is 22.7 Å². The van der Waals surface area contributed by atoms with Crippen LogP contribution in [0.3, 0.4) is 0 Å². The van der Waals surface area contributed by atoms with Gasteiger partial charge in [-0.1, -0.05) is 18.6 Å². The van der Waals surface area contributed by atoms with Gasteiger partial charge in [-0.2, -0.15) is 4.68 Å². The first-order chi connectivity index (χ1) is 13.9. The van der Waals surface area contributed by atoms with Gasteiger partial charge in [0.05, 0.1) is 7.11 Å². The van der Waals surface area contributed by atoms with Gasteiger partial charge in [-0.25, -0.2) is 9.97 Å². The van der Waals surface area contributed by atoms with Crippen molar-refractivity contribution < 1.29 is 4.74 Å². The number of benzene rings is 1. The van der Waals surface area contributed by atoms with Gasteiger partial charge in [0.1, 0.15) is 17.3 Å². The molecule has 156 valence electrons. The lowest BCUT2D eigenvalue weighted by Gasteiger charge is -2.22. The van der Waals surface area contributed by atoms with E-state index in [0.717, 1.165) is 47.6 Å². The van der Waals surface area contributed by atoms with Gasteiger partial charge in [0, 0.05) is 43.4 Å². The highest BCUT2D eigenvalue weighted by atomic mass is 79.9. The second kappa shape index (κ2) is 8.94. The molecule has 2 heterocycles. The van der Waals surface area contributed by atoms with Crippen LogP contribution < -0.4 is 14.5 Å². The summed E-state index contributed by atoms with van der Waals surface area (Å²) in [6, 6.07) is 4.00. The molecule has 3 rings (SSSR count). The van der Waals surface area contributed by atoms with Crippen LogP contribution in [-0.4, -0.2) is 59.3 Å². The Morgan fingerprint density at radius 3 is 2.55 bits per heavy atom. The standard InChI is InChI=1S/C20H28BrN7O/c1-7-9-10-27(8-2)19-17-20(23-13(3)22-19)28(25-24-17)18-15(21)11-14(26(4)5)12-16(18)29-6/h11-12H,7-10H2,1-6H3. The number of halogens is 1. The van der Waals surface area contributed by atoms with Gasteiger partial charge in [-0.3, -0.25) is 0 Å². The first-order valence-electron chi connectivity index (χ1n) is 9.81. The Labute approximate surface area is 180 Å². The maximum atomic E-state index is 5.67. The molecule has 0 atom stereocenters. The van der Waals surface area contributed by atoms with Crippen LogP contribution in [0.25, 0.3) is 16.9 Å². The number of rotatable bonds is 8. The van der Waals surface area contributed by atoms with Crippen LogP contribution in [0.4, 0.5) is 11.5 Å². The highest BCUT2D eigenvalue weighted by molar-refractivity contribution is 9.10. The Bertz CT molecular complexity index is 1000. The molecule has 0 saturated heterocycles. The molecule has 0 amide bonds. The average Bonchev–Trinajstić information content (AvgIpc) is 3.10. The van der Waals surface area contributed by atoms with Crippen molar-refractivity contribution in [1.29, 1.82) is 0 Å². The fourth-order valence-corrected chi connectivity index (χ4v) is 3.82. The molecular weight excluding hydrogens is 434 g/mol. The summed E-state index contributed by atoms with van der Waals surface area (Å²) in [5.74, 6) is 2.20. The maximum Gasteiger partial charge on any atom is 0.189 e. The van der Waals surface area contributed by atoms with Crippen LogP contribution in [0.5, 0.6) is 5.75 Å². The SMILES string of the molecule is CCCCN(CC)c1nc(C)nc2c1nnn2-c1c(Br)cc(N(C)C)cc1OC. The van der Waals surface area contributed by atoms with Crippen LogP contribution in [0.2, 0.25) is 0 Å². The first kappa shape index (κ1) is 21.3. The summed E-state index contributed by atoms with van der Waals surface area (Å²) < 4.78 is 8.25. The smallest absolute Gasteiger partial charge is 0.189 e. The predicted molar refractivity (Wildman–Crippen MR) is 121 cm³/mol. The van der Waals surface area contributed by atoms with E-state index < -0.39 is 0 Å². The minimum absolute atomic E-state index is 0.666. The van der Waals surface area contributed by atoms with Gasteiger partial charge in [-0.15, -0.1) is 5.10 Å². The van der Waals surface area contributed by atoms with E-state index in [1.807, 2.05) is 38.1 Å². The molecule has 29 heavy (non-hydrogen) atoms. The van der Waals surface area contributed by atoms with E-state index in [4.69, 9.17) is 4.74 Å². The number of aromatic nitrogens is 5. The second-order valence-corrected chi connectivity index (χ2v) is 7.93. The van der Waals surface area contributed by atoms with E-state index in [1.165, 1.54) is 0 Å². The van der Waals surface area contributed by atoms with Gasteiger partial charge >= 0.3 is 0 Å². The number of anilines is 2. The minimum atomic E-state index is 0.666. The Balaban J connectivity index is 2.21. The zero-order chi connectivity index (χ0) is 21.1. The van der Waals surface area contributed by atoms with Crippen LogP contribution in [0, 0.1) is 6.92 Å². The van der Waals surface area contributed by atoms with Gasteiger partial charge in [0.2, 0.25) is 0 Å². The van der Waals surface area contributed by atoms with Crippen molar-refractivity contribution in [1.82, 2.24) is 25.0 Å². The zero-order valence-corrected chi connectivity index (χ0v) is 19.5. The molecule has 0 unspecified atom stereocenters. The summed E-state index contributed by atoms with van der Waals surface area (Å²) in [4.78, 5) is 13.6. The zero-order valence-electron chi connectivity index (χ0n) is 17.9. The molecule has 0 fully saturated rings. The molecule has 8 nitrogen and oxygen atoms in total. The summed E-state index contributed by atoms with van der Waals surface area (Å²) in [5.41, 5.74) is 3.14. The Hall–Kier alpha value is -2.42. The number of unbranched alkanes of at least 4 members (excludes halogenated alkanes) is 1. The molecule has 0 N–H and O–H groups in total. The number of nitrogens with zero attached hydrogens (tertiary/aromatic N) is 7. The van der Waals surface area contributed by atoms with Gasteiger partial charge < -0.3 is 14.5 Å². The van der Waals surface area contributed by atoms with Crippen LogP contribution >= 0.6 is 15.9 Å². The summed E-state index contributed by atoms with van der Waals surface area (Å²) in [7, 11) is 5.63. The van der Waals surface area contributed by atoms with Crippen molar-refractivity contribution in [2.45, 2.75) is 33.6 Å². The van der Waals surface area contributed by atoms with Crippen LogP contribution in [0.1, 0.15) is 32.5 Å². The van der Waals surface area contributed by atoms with Crippen molar-refractivity contribution >= 4 is 38.6 Å². The van der Waals surface area contributed by atoms with E-state index in [9.17, 15) is 0 Å². The molecule has 1 aromatic carbocycles. The molecule has 0 aliphatic rings. The maximum absolute atomic E-state index is 5.67. The summed E-state index contributed by atoms with van der Waals surface area (Å²) in [5, 5.41) is 8.87. The van der Waals surface area contributed by atoms with Crippen molar-refractivity contribution in [3.8, 4) is 11.4 Å². The van der Waals surface area contributed by atoms with Crippen molar-refractivity contribution in [3.63, 3.8) is 0 Å². The quantitative estimate of drug-likeness (QED) is 0.502. The number of hydrogen-bond acceptors (Lipinski definition) is 7. The average molecular weight is 462 g/mol. The molecule has 2 aromatic heterocycles. The third kappa shape index (κ3) is 4.14. The third-order valence-electron chi connectivity index (χ3n) is 4.82. The molecule has 0 bridgehead atoms. The Morgan fingerprint density at radius 1 is 1.17 bits per heavy atom. The monoisotopic (exact) mass is 461 g/mol. The highest BCUT2D eigenvalue weighted by Gasteiger charge is 2.22. The molecule has 0 saturated carbocycles. The summed E-state index contributed by atoms with van der Waals surface area (Å²) in [6.07, 6.45) is 2.22. The van der Waals surface area contributed by atoms with Gasteiger partial charge in [0.25, 0.3) is 0 Å². The second-order valence-electron chi connectivity index (χ2n) is 7.07. The lowest BCUT2D eigenvalue weighted by Crippen LogP contribution is -2.25. The van der Waals surface area contributed by atoms with Gasteiger partial charge in [0.15, 0.2) is 17.0 Å². The van der Waals surface area contributed by atoms with E-state index >= 15 is 0 Å². The predicted octanol–water partition coefficient (Wildman–Crippen LogP) is 3.98. The Morgan fingerprint density at radius 2 is 1.93 bits per heavy atom. The lowest BCUT2D eigenvalue weighted by atomic mass is 10.2. The number of methoxy groups -OCH3 is 1. The molecule has 3 aromatic rings. The number of fused-ring (bicyclic) bond motifs is 1. The summed E-state index contributed by atoms with van der Waals surface area (Å²) in [6.45, 7) is 7.99. The number of hydrogen-bond donors (Lipinski definition) is 0. The van der Waals surface area contributed by atoms with E-state index in [1.54, 1.807) is 11.8 Å². The van der Waals surface area contributed by atoms with E-state index in [2.05, 4.69) is 55.0 Å². The fourth-order valence-electron chi connectivity index (χ4n) is 3.22. The normalized spacial score (nSPS) is 11.1. The van der Waals surface area contributed by atoms with Crippen LogP contribution in [-0.2, 0) is 0 Å². The van der Waals surface area contributed by atoms with Crippen LogP contribution in [0.15, 0.2) is 16.6 Å².